The van der Waals surface area contributed by atoms with Crippen LogP contribution >= 0.6 is 23.5 Å². The molecule has 0 bridgehead atoms. The lowest BCUT2D eigenvalue weighted by Crippen LogP contribution is -2.34. The molecule has 15 nitrogen and oxygen atoms in total. The lowest BCUT2D eigenvalue weighted by molar-refractivity contribution is -0.0258. The smallest absolute Gasteiger partial charge is 0.387 e. The summed E-state index contributed by atoms with van der Waals surface area (Å²) in [5.74, 6) is -2.77. The predicted molar refractivity (Wildman–Crippen MR) is 91.2 cm³/mol. The van der Waals surface area contributed by atoms with Crippen LogP contribution in [0.2, 0.25) is 0 Å². The highest BCUT2D eigenvalue weighted by Crippen LogP contribution is 2.66. The van der Waals surface area contributed by atoms with Gasteiger partial charge in [0.15, 0.2) is 0 Å². The molecule has 178 valence electrons. The molecule has 2 heterocycles. The Balaban J connectivity index is 2.14. The molecule has 1 saturated heterocycles. The number of pyridine rings is 1. The topological polar surface area (TPSA) is 231 Å². The zero-order valence-electron chi connectivity index (χ0n) is 15.1. The lowest BCUT2D eigenvalue weighted by atomic mass is 10.0. The summed E-state index contributed by atoms with van der Waals surface area (Å²) in [6, 6.07) is 0.403. The molecule has 1 fully saturated rings. The maximum absolute atomic E-state index is 14.1. The maximum Gasteiger partial charge on any atom is 0.490 e. The molecule has 0 aliphatic carbocycles. The number of hydrogen-bond acceptors (Lipinski definition) is 10. The average Bonchev–Trinajstić information content (AvgIpc) is 2.84. The first-order valence-corrected chi connectivity index (χ1v) is 12.3. The first kappa shape index (κ1) is 26.4. The Labute approximate surface area is 171 Å². The van der Waals surface area contributed by atoms with Crippen molar-refractivity contribution in [3.63, 3.8) is 0 Å². The minimum Gasteiger partial charge on any atom is -0.387 e. The van der Waals surface area contributed by atoms with Gasteiger partial charge >= 0.3 is 23.5 Å². The lowest BCUT2D eigenvalue weighted by Gasteiger charge is -2.19. The van der Waals surface area contributed by atoms with Gasteiger partial charge in [0.1, 0.15) is 30.2 Å². The Morgan fingerprint density at radius 1 is 1.13 bits per heavy atom. The van der Waals surface area contributed by atoms with Crippen LogP contribution in [0.25, 0.3) is 0 Å². The highest BCUT2D eigenvalue weighted by atomic mass is 31.3. The molecule has 1 aromatic heterocycles. The Kier molecular flexibility index (Phi) is 8.10. The van der Waals surface area contributed by atoms with Gasteiger partial charge in [-0.05, 0) is 0 Å². The molecular formula is C11H16F2NO14P3. The summed E-state index contributed by atoms with van der Waals surface area (Å²) in [5.41, 5.74) is -1.93. The van der Waals surface area contributed by atoms with E-state index in [0.717, 1.165) is 7.11 Å². The van der Waals surface area contributed by atoms with E-state index in [1.54, 1.807) is 4.98 Å². The first-order valence-electron chi connectivity index (χ1n) is 7.78. The van der Waals surface area contributed by atoms with E-state index in [9.17, 15) is 37.3 Å². The highest BCUT2D eigenvalue weighted by Gasteiger charge is 2.48. The number of aliphatic hydroxyl groups is 1. The molecule has 0 amide bonds. The van der Waals surface area contributed by atoms with Gasteiger partial charge in [0, 0.05) is 13.2 Å². The normalized spacial score (nSPS) is 28.3. The number of halogens is 2. The molecule has 0 radical (unpaired) electrons. The van der Waals surface area contributed by atoms with Crippen molar-refractivity contribution in [3.8, 4) is 0 Å². The third-order valence-corrected chi connectivity index (χ3v) is 7.50. The van der Waals surface area contributed by atoms with Gasteiger partial charge in [-0.3, -0.25) is 14.3 Å². The minimum atomic E-state index is -5.77. The van der Waals surface area contributed by atoms with Gasteiger partial charge in [-0.25, -0.2) is 18.1 Å². The van der Waals surface area contributed by atoms with Crippen LogP contribution in [-0.2, 0) is 36.3 Å². The number of aromatic nitrogens is 1. The van der Waals surface area contributed by atoms with E-state index in [1.165, 1.54) is 0 Å². The predicted octanol–water partition coefficient (Wildman–Crippen LogP) is -0.188. The van der Waals surface area contributed by atoms with Crippen LogP contribution in [0.5, 0.6) is 0 Å². The Bertz CT molecular complexity index is 985. The number of methoxy groups -OCH3 is 1. The molecule has 6 N–H and O–H groups in total. The van der Waals surface area contributed by atoms with Gasteiger partial charge in [0.05, 0.1) is 12.2 Å². The van der Waals surface area contributed by atoms with E-state index in [1.807, 2.05) is 0 Å². The fraction of sp³-hybridized carbons (Fsp3) is 0.545. The van der Waals surface area contributed by atoms with Crippen LogP contribution < -0.4 is 5.56 Å². The Morgan fingerprint density at radius 3 is 2.26 bits per heavy atom. The van der Waals surface area contributed by atoms with Crippen molar-refractivity contribution in [1.82, 2.24) is 4.98 Å². The van der Waals surface area contributed by atoms with E-state index in [0.29, 0.717) is 6.07 Å². The van der Waals surface area contributed by atoms with Crippen molar-refractivity contribution < 1.29 is 69.8 Å². The van der Waals surface area contributed by atoms with Crippen molar-refractivity contribution in [1.29, 1.82) is 0 Å². The summed E-state index contributed by atoms with van der Waals surface area (Å²) in [6.07, 6.45) is -6.46. The number of aromatic amines is 1. The van der Waals surface area contributed by atoms with Gasteiger partial charge in [-0.1, -0.05) is 0 Å². The van der Waals surface area contributed by atoms with Crippen molar-refractivity contribution in [2.75, 3.05) is 13.7 Å². The van der Waals surface area contributed by atoms with Crippen LogP contribution in [0, 0.1) is 11.8 Å². The summed E-state index contributed by atoms with van der Waals surface area (Å²) >= 11 is 0. The number of nitrogens with one attached hydrogen (secondary N) is 1. The Morgan fingerprint density at radius 2 is 1.74 bits per heavy atom. The maximum atomic E-state index is 14.1. The largest absolute Gasteiger partial charge is 0.490 e. The highest BCUT2D eigenvalue weighted by molar-refractivity contribution is 7.66. The molecule has 0 saturated carbocycles. The standard InChI is InChI=1S/C11H16F2NO14P3/c1-24-10-8(16)5(26-9(10)7-4(12)2-6(15)14-11(7)13)3-25-30(20,21)28-31(22,23)27-29(17,18)19/h2,5,8-10,16H,3H2,1H3,(H,14,15)(H,20,21)(H,22,23)(H2,17,18,19)/t5-,8?,9+,10+/m1/s1. The van der Waals surface area contributed by atoms with E-state index in [2.05, 4.69) is 13.1 Å². The van der Waals surface area contributed by atoms with Gasteiger partial charge in [0.2, 0.25) is 5.95 Å². The van der Waals surface area contributed by atoms with E-state index < -0.39 is 77.4 Å². The summed E-state index contributed by atoms with van der Waals surface area (Å²) in [6.45, 7) is -1.09. The number of hydrogen-bond donors (Lipinski definition) is 6. The van der Waals surface area contributed by atoms with Gasteiger partial charge in [-0.2, -0.15) is 13.0 Å². The fourth-order valence-electron chi connectivity index (χ4n) is 2.61. The fourth-order valence-corrected chi connectivity index (χ4v) is 5.64. The van der Waals surface area contributed by atoms with Gasteiger partial charge in [-0.15, -0.1) is 0 Å². The third kappa shape index (κ3) is 7.04. The van der Waals surface area contributed by atoms with Gasteiger partial charge in [0.25, 0.3) is 5.56 Å². The molecule has 0 aromatic carbocycles. The minimum absolute atomic E-state index is 0.403. The van der Waals surface area contributed by atoms with E-state index in [4.69, 9.17) is 24.2 Å². The van der Waals surface area contributed by atoms with Crippen molar-refractivity contribution in [2.45, 2.75) is 24.4 Å². The first-order chi connectivity index (χ1) is 14.1. The molecule has 1 aliphatic rings. The monoisotopic (exact) mass is 517 g/mol. The molecule has 0 spiro atoms. The van der Waals surface area contributed by atoms with Crippen molar-refractivity contribution in [3.05, 3.63) is 33.7 Å². The second-order valence-corrected chi connectivity index (χ2v) is 10.3. The number of phosphoric ester groups is 1. The molecule has 6 atom stereocenters. The molecule has 1 aliphatic heterocycles. The van der Waals surface area contributed by atoms with Crippen molar-refractivity contribution >= 4 is 23.5 Å². The number of ether oxygens (including phenoxy) is 2. The zero-order chi connectivity index (χ0) is 23.8. The summed E-state index contributed by atoms with van der Waals surface area (Å²) in [7, 11) is -15.9. The van der Waals surface area contributed by atoms with E-state index in [-0.39, 0.29) is 0 Å². The quantitative estimate of drug-likeness (QED) is 0.184. The molecule has 31 heavy (non-hydrogen) atoms. The van der Waals surface area contributed by atoms with Gasteiger partial charge < -0.3 is 34.2 Å². The zero-order valence-corrected chi connectivity index (χ0v) is 17.8. The van der Waals surface area contributed by atoms with Crippen LogP contribution in [-0.4, -0.2) is 61.7 Å². The molecule has 2 rings (SSSR count). The number of rotatable bonds is 9. The summed E-state index contributed by atoms with van der Waals surface area (Å²) in [4.78, 5) is 48.2. The molecule has 20 heteroatoms. The molecule has 3 unspecified atom stereocenters. The van der Waals surface area contributed by atoms with Crippen molar-refractivity contribution in [2.24, 2.45) is 0 Å². The molecular weight excluding hydrogens is 501 g/mol. The molecule has 1 aromatic rings. The number of H-pyrrole nitrogens is 1. The summed E-state index contributed by atoms with van der Waals surface area (Å²) in [5, 5.41) is 10.2. The number of phosphoric acid groups is 3. The second-order valence-electron chi connectivity index (χ2n) is 5.88. The number of aliphatic hydroxyl groups excluding tert-OH is 1. The van der Waals surface area contributed by atoms with E-state index >= 15 is 0 Å². The average molecular weight is 517 g/mol. The second kappa shape index (κ2) is 9.53. The van der Waals surface area contributed by atoms with Crippen LogP contribution in [0.1, 0.15) is 11.7 Å². The summed E-state index contributed by atoms with van der Waals surface area (Å²) < 4.78 is 83.2. The van der Waals surface area contributed by atoms with Crippen LogP contribution in [0.4, 0.5) is 8.78 Å². The van der Waals surface area contributed by atoms with Crippen LogP contribution in [0.3, 0.4) is 0 Å². The third-order valence-electron chi connectivity index (χ3n) is 3.70. The van der Waals surface area contributed by atoms with Crippen LogP contribution in [0.15, 0.2) is 10.9 Å². The SMILES string of the molecule is CO[C@H]1C(O)[C@@H](COP(=O)(O)OP(=O)(O)OP(=O)(O)O)O[C@H]1c1c(F)cc(=O)[nH]c1F. The Hall–Kier alpha value is -0.900.